The van der Waals surface area contributed by atoms with E-state index in [1.165, 1.54) is 25.9 Å². The van der Waals surface area contributed by atoms with Gasteiger partial charge in [-0.15, -0.1) is 0 Å². The average molecular weight is 297 g/mol. The number of nitrogens with zero attached hydrogens (tertiary/aromatic N) is 3. The van der Waals surface area contributed by atoms with E-state index in [2.05, 4.69) is 30.7 Å². The smallest absolute Gasteiger partial charge is 0.151 e. The second kappa shape index (κ2) is 4.46. The van der Waals surface area contributed by atoms with Crippen molar-refractivity contribution in [3.63, 3.8) is 0 Å². The van der Waals surface area contributed by atoms with Crippen molar-refractivity contribution in [1.29, 1.82) is 0 Å². The van der Waals surface area contributed by atoms with Crippen molar-refractivity contribution in [2.24, 2.45) is 0 Å². The summed E-state index contributed by atoms with van der Waals surface area (Å²) in [5.74, 6) is 0.934. The molecule has 1 aromatic rings. The van der Waals surface area contributed by atoms with Crippen molar-refractivity contribution in [2.45, 2.75) is 18.9 Å². The minimum atomic E-state index is 0.711. The van der Waals surface area contributed by atoms with Crippen LogP contribution in [-0.2, 0) is 0 Å². The normalized spacial score (nSPS) is 21.8. The molecule has 0 saturated carbocycles. The van der Waals surface area contributed by atoms with Crippen molar-refractivity contribution >= 4 is 27.4 Å². The molecule has 2 fully saturated rings. The van der Waals surface area contributed by atoms with Crippen LogP contribution in [0.4, 0.5) is 11.5 Å². The van der Waals surface area contributed by atoms with Gasteiger partial charge in [0, 0.05) is 29.8 Å². The predicted octanol–water partition coefficient (Wildman–Crippen LogP) is 1.71. The standard InChI is InChI=1S/C12H17BrN4/c13-9-5-11(14)12(15-6-9)17-7-10(8-17)16-3-1-2-4-16/h5-6,10H,1-4,7-8,14H2. The molecule has 3 rings (SSSR count). The lowest BCUT2D eigenvalue weighted by Gasteiger charge is -2.45. The minimum Gasteiger partial charge on any atom is -0.396 e. The zero-order valence-electron chi connectivity index (χ0n) is 9.77. The molecule has 0 radical (unpaired) electrons. The van der Waals surface area contributed by atoms with Gasteiger partial charge in [0.15, 0.2) is 5.82 Å². The van der Waals surface area contributed by atoms with Gasteiger partial charge in [-0.1, -0.05) is 0 Å². The SMILES string of the molecule is Nc1cc(Br)cnc1N1CC(N2CCCC2)C1. The molecule has 0 amide bonds. The van der Waals surface area contributed by atoms with Crippen LogP contribution in [0.15, 0.2) is 16.7 Å². The number of aromatic nitrogens is 1. The van der Waals surface area contributed by atoms with Crippen LogP contribution in [0.2, 0.25) is 0 Å². The molecule has 0 aliphatic carbocycles. The van der Waals surface area contributed by atoms with E-state index in [-0.39, 0.29) is 0 Å². The van der Waals surface area contributed by atoms with Crippen LogP contribution < -0.4 is 10.6 Å². The zero-order chi connectivity index (χ0) is 11.8. The van der Waals surface area contributed by atoms with Gasteiger partial charge >= 0.3 is 0 Å². The third kappa shape index (κ3) is 2.13. The maximum atomic E-state index is 5.98. The molecule has 0 bridgehead atoms. The summed E-state index contributed by atoms with van der Waals surface area (Å²) in [5.41, 5.74) is 6.75. The summed E-state index contributed by atoms with van der Waals surface area (Å²) in [6, 6.07) is 2.63. The first-order valence-corrected chi connectivity index (χ1v) is 6.93. The summed E-state index contributed by atoms with van der Waals surface area (Å²) in [6.07, 6.45) is 4.53. The average Bonchev–Trinajstić information content (AvgIpc) is 2.72. The summed E-state index contributed by atoms with van der Waals surface area (Å²) in [6.45, 7) is 4.67. The molecule has 2 aliphatic rings. The Morgan fingerprint density at radius 1 is 1.29 bits per heavy atom. The molecule has 4 nitrogen and oxygen atoms in total. The van der Waals surface area contributed by atoms with Gasteiger partial charge in [-0.2, -0.15) is 0 Å². The van der Waals surface area contributed by atoms with Crippen LogP contribution in [0.5, 0.6) is 0 Å². The number of halogens is 1. The second-order valence-corrected chi connectivity index (χ2v) is 5.78. The van der Waals surface area contributed by atoms with Crippen LogP contribution in [0, 0.1) is 0 Å². The Balaban J connectivity index is 1.64. The monoisotopic (exact) mass is 296 g/mol. The van der Waals surface area contributed by atoms with E-state index >= 15 is 0 Å². The van der Waals surface area contributed by atoms with Gasteiger partial charge in [0.1, 0.15) is 0 Å². The molecule has 0 spiro atoms. The Labute approximate surface area is 110 Å². The molecule has 2 N–H and O–H groups in total. The van der Waals surface area contributed by atoms with E-state index in [9.17, 15) is 0 Å². The van der Waals surface area contributed by atoms with Crippen LogP contribution in [-0.4, -0.2) is 42.1 Å². The largest absolute Gasteiger partial charge is 0.396 e. The number of nitrogen functional groups attached to an aromatic ring is 1. The van der Waals surface area contributed by atoms with Crippen molar-refractivity contribution in [1.82, 2.24) is 9.88 Å². The lowest BCUT2D eigenvalue weighted by Crippen LogP contribution is -2.59. The molecule has 2 saturated heterocycles. The van der Waals surface area contributed by atoms with Crippen molar-refractivity contribution < 1.29 is 0 Å². The number of hydrogen-bond acceptors (Lipinski definition) is 4. The highest BCUT2D eigenvalue weighted by Crippen LogP contribution is 2.29. The topological polar surface area (TPSA) is 45.4 Å². The fourth-order valence-corrected chi connectivity index (χ4v) is 3.03. The molecule has 0 atom stereocenters. The molecule has 2 aliphatic heterocycles. The molecule has 5 heteroatoms. The molecule has 17 heavy (non-hydrogen) atoms. The summed E-state index contributed by atoms with van der Waals surface area (Å²) in [4.78, 5) is 9.25. The first-order chi connectivity index (χ1) is 8.24. The third-order valence-electron chi connectivity index (χ3n) is 3.68. The van der Waals surface area contributed by atoms with Gasteiger partial charge in [-0.05, 0) is 47.9 Å². The van der Waals surface area contributed by atoms with Crippen LogP contribution in [0.1, 0.15) is 12.8 Å². The first-order valence-electron chi connectivity index (χ1n) is 6.14. The lowest BCUT2D eigenvalue weighted by molar-refractivity contribution is 0.204. The number of rotatable bonds is 2. The molecular formula is C12H17BrN4. The third-order valence-corrected chi connectivity index (χ3v) is 4.11. The molecule has 0 aromatic carbocycles. The summed E-state index contributed by atoms with van der Waals surface area (Å²) in [5, 5.41) is 0. The number of likely N-dealkylation sites (tertiary alicyclic amines) is 1. The fourth-order valence-electron chi connectivity index (χ4n) is 2.68. The van der Waals surface area contributed by atoms with E-state index in [0.29, 0.717) is 6.04 Å². The minimum absolute atomic E-state index is 0.711. The van der Waals surface area contributed by atoms with Crippen LogP contribution >= 0.6 is 15.9 Å². The van der Waals surface area contributed by atoms with Crippen molar-refractivity contribution in [3.8, 4) is 0 Å². The second-order valence-electron chi connectivity index (χ2n) is 4.87. The maximum absolute atomic E-state index is 5.98. The molecule has 0 unspecified atom stereocenters. The molecule has 92 valence electrons. The summed E-state index contributed by atoms with van der Waals surface area (Å²) >= 11 is 3.38. The lowest BCUT2D eigenvalue weighted by atomic mass is 10.1. The fraction of sp³-hybridized carbons (Fsp3) is 0.583. The van der Waals surface area contributed by atoms with E-state index < -0.39 is 0 Å². The quantitative estimate of drug-likeness (QED) is 0.902. The Morgan fingerprint density at radius 2 is 2.00 bits per heavy atom. The van der Waals surface area contributed by atoms with Gasteiger partial charge < -0.3 is 10.6 Å². The molecular weight excluding hydrogens is 280 g/mol. The van der Waals surface area contributed by atoms with Gasteiger partial charge in [-0.25, -0.2) is 4.98 Å². The van der Waals surface area contributed by atoms with E-state index in [4.69, 9.17) is 5.73 Å². The van der Waals surface area contributed by atoms with Gasteiger partial charge in [-0.3, -0.25) is 4.90 Å². The zero-order valence-corrected chi connectivity index (χ0v) is 11.4. The number of nitrogens with two attached hydrogens (primary N) is 1. The Bertz CT molecular complexity index is 411. The Morgan fingerprint density at radius 3 is 2.65 bits per heavy atom. The van der Waals surface area contributed by atoms with Crippen molar-refractivity contribution in [3.05, 3.63) is 16.7 Å². The van der Waals surface area contributed by atoms with E-state index in [1.807, 2.05) is 12.3 Å². The Hall–Kier alpha value is -0.810. The van der Waals surface area contributed by atoms with Crippen molar-refractivity contribution in [2.75, 3.05) is 36.8 Å². The van der Waals surface area contributed by atoms with Gasteiger partial charge in [0.05, 0.1) is 5.69 Å². The highest BCUT2D eigenvalue weighted by atomic mass is 79.9. The van der Waals surface area contributed by atoms with Crippen LogP contribution in [0.25, 0.3) is 0 Å². The van der Waals surface area contributed by atoms with Crippen LogP contribution in [0.3, 0.4) is 0 Å². The van der Waals surface area contributed by atoms with E-state index in [1.54, 1.807) is 0 Å². The number of pyridine rings is 1. The highest BCUT2D eigenvalue weighted by Gasteiger charge is 2.34. The number of hydrogen-bond donors (Lipinski definition) is 1. The van der Waals surface area contributed by atoms with E-state index in [0.717, 1.165) is 29.1 Å². The predicted molar refractivity (Wildman–Crippen MR) is 73.2 cm³/mol. The summed E-state index contributed by atoms with van der Waals surface area (Å²) < 4.78 is 0.940. The molecule has 3 heterocycles. The maximum Gasteiger partial charge on any atom is 0.151 e. The van der Waals surface area contributed by atoms with Gasteiger partial charge in [0.25, 0.3) is 0 Å². The first kappa shape index (κ1) is 11.3. The summed E-state index contributed by atoms with van der Waals surface area (Å²) in [7, 11) is 0. The highest BCUT2D eigenvalue weighted by molar-refractivity contribution is 9.10. The number of anilines is 2. The molecule has 1 aromatic heterocycles. The van der Waals surface area contributed by atoms with Gasteiger partial charge in [0.2, 0.25) is 0 Å². The Kier molecular flexibility index (Phi) is 2.96.